The highest BCUT2D eigenvalue weighted by Gasteiger charge is 2.17. The van der Waals surface area contributed by atoms with Gasteiger partial charge in [-0.25, -0.2) is 0 Å². The smallest absolute Gasteiger partial charge is 0.326 e. The van der Waals surface area contributed by atoms with E-state index < -0.39 is 5.97 Å². The van der Waals surface area contributed by atoms with Crippen molar-refractivity contribution in [3.63, 3.8) is 0 Å². The van der Waals surface area contributed by atoms with Gasteiger partial charge in [-0.3, -0.25) is 14.4 Å². The highest BCUT2D eigenvalue weighted by atomic mass is 16.5. The summed E-state index contributed by atoms with van der Waals surface area (Å²) < 4.78 is 7.00. The number of aromatic nitrogens is 1. The average molecular weight is 392 g/mol. The van der Waals surface area contributed by atoms with Gasteiger partial charge < -0.3 is 14.2 Å². The Kier molecular flexibility index (Phi) is 6.12. The molecule has 1 amide bonds. The van der Waals surface area contributed by atoms with E-state index in [-0.39, 0.29) is 24.5 Å². The summed E-state index contributed by atoms with van der Waals surface area (Å²) in [6.07, 6.45) is 0. The summed E-state index contributed by atoms with van der Waals surface area (Å²) in [4.78, 5) is 39.1. The molecule has 0 N–H and O–H groups in total. The van der Waals surface area contributed by atoms with E-state index in [1.165, 1.54) is 0 Å². The summed E-state index contributed by atoms with van der Waals surface area (Å²) in [5, 5.41) is 1.07. The van der Waals surface area contributed by atoms with Crippen LogP contribution in [0.3, 0.4) is 0 Å². The minimum absolute atomic E-state index is 0.0747. The van der Waals surface area contributed by atoms with Gasteiger partial charge in [0.25, 0.3) is 5.91 Å². The normalized spacial score (nSPS) is 10.8. The van der Waals surface area contributed by atoms with Gasteiger partial charge >= 0.3 is 5.97 Å². The Labute approximate surface area is 169 Å². The van der Waals surface area contributed by atoms with E-state index in [4.69, 9.17) is 4.74 Å². The largest absolute Gasteiger partial charge is 0.454 e. The Balaban J connectivity index is 1.85. The second kappa shape index (κ2) is 8.73. The standard InChI is InChI=1S/C23H24N2O4/c1-4-24(13-16(2)3)21(26)15-29-22(27)14-25-19-11-7-5-9-17(19)23(28)18-10-6-8-12-20(18)25/h5-12H,2,4,13-15H2,1,3H3. The minimum atomic E-state index is -0.538. The fourth-order valence-corrected chi connectivity index (χ4v) is 3.36. The van der Waals surface area contributed by atoms with Gasteiger partial charge in [0.1, 0.15) is 6.54 Å². The molecule has 0 unspecified atom stereocenters. The molecule has 0 saturated carbocycles. The van der Waals surface area contributed by atoms with Gasteiger partial charge in [0, 0.05) is 23.9 Å². The van der Waals surface area contributed by atoms with E-state index in [9.17, 15) is 14.4 Å². The third-order valence-corrected chi connectivity index (χ3v) is 4.72. The second-order valence-corrected chi connectivity index (χ2v) is 6.98. The first kappa shape index (κ1) is 20.3. The van der Waals surface area contributed by atoms with E-state index in [1.807, 2.05) is 26.0 Å². The summed E-state index contributed by atoms with van der Waals surface area (Å²) in [6, 6.07) is 14.3. The molecule has 0 aliphatic rings. The third kappa shape index (κ3) is 4.37. The lowest BCUT2D eigenvalue weighted by atomic mass is 10.1. The predicted octanol–water partition coefficient (Wildman–Crippen LogP) is 3.12. The first-order valence-electron chi connectivity index (χ1n) is 9.50. The number of hydrogen-bond donors (Lipinski definition) is 0. The summed E-state index contributed by atoms with van der Waals surface area (Å²) in [6.45, 7) is 8.04. The zero-order valence-electron chi connectivity index (χ0n) is 16.7. The molecule has 2 aromatic carbocycles. The van der Waals surface area contributed by atoms with Crippen LogP contribution in [-0.4, -0.2) is 41.0 Å². The number of nitrogens with zero attached hydrogens (tertiary/aromatic N) is 2. The number of carbonyl (C=O) groups excluding carboxylic acids is 2. The van der Waals surface area contributed by atoms with Crippen molar-refractivity contribution < 1.29 is 14.3 Å². The molecule has 0 saturated heterocycles. The molecule has 6 nitrogen and oxygen atoms in total. The lowest BCUT2D eigenvalue weighted by Gasteiger charge is -2.21. The molecular formula is C23H24N2O4. The maximum absolute atomic E-state index is 12.8. The molecule has 0 aliphatic heterocycles. The molecular weight excluding hydrogens is 368 g/mol. The van der Waals surface area contributed by atoms with Crippen LogP contribution >= 0.6 is 0 Å². The van der Waals surface area contributed by atoms with Crippen LogP contribution in [0.4, 0.5) is 0 Å². The summed E-state index contributed by atoms with van der Waals surface area (Å²) in [5.74, 6) is -0.804. The number of fused-ring (bicyclic) bond motifs is 2. The molecule has 0 aliphatic carbocycles. The lowest BCUT2D eigenvalue weighted by Crippen LogP contribution is -2.36. The number of ether oxygens (including phenoxy) is 1. The molecule has 150 valence electrons. The Hall–Kier alpha value is -3.41. The molecule has 0 atom stereocenters. The Morgan fingerprint density at radius 1 is 1.03 bits per heavy atom. The van der Waals surface area contributed by atoms with Crippen molar-refractivity contribution in [2.45, 2.75) is 20.4 Å². The number of para-hydroxylation sites is 2. The number of esters is 1. The topological polar surface area (TPSA) is 68.6 Å². The summed E-state index contributed by atoms with van der Waals surface area (Å²) in [5.41, 5.74) is 2.08. The van der Waals surface area contributed by atoms with Gasteiger partial charge in [0.2, 0.25) is 0 Å². The molecule has 3 aromatic rings. The SMILES string of the molecule is C=C(C)CN(CC)C(=O)COC(=O)Cn1c2ccccc2c(=O)c2ccccc21. The number of likely N-dealkylation sites (N-methyl/N-ethyl adjacent to an activating group) is 1. The van der Waals surface area contributed by atoms with Crippen molar-refractivity contribution in [1.29, 1.82) is 0 Å². The predicted molar refractivity (Wildman–Crippen MR) is 114 cm³/mol. The third-order valence-electron chi connectivity index (χ3n) is 4.72. The maximum Gasteiger partial charge on any atom is 0.326 e. The Morgan fingerprint density at radius 2 is 1.59 bits per heavy atom. The second-order valence-electron chi connectivity index (χ2n) is 6.98. The maximum atomic E-state index is 12.8. The fraction of sp³-hybridized carbons (Fsp3) is 0.261. The number of hydrogen-bond acceptors (Lipinski definition) is 4. The minimum Gasteiger partial charge on any atom is -0.454 e. The molecule has 0 fully saturated rings. The van der Waals surface area contributed by atoms with E-state index in [1.54, 1.807) is 45.9 Å². The van der Waals surface area contributed by atoms with Crippen molar-refractivity contribution in [1.82, 2.24) is 9.47 Å². The van der Waals surface area contributed by atoms with Crippen molar-refractivity contribution in [2.24, 2.45) is 0 Å². The van der Waals surface area contributed by atoms with Crippen molar-refractivity contribution >= 4 is 33.7 Å². The van der Waals surface area contributed by atoms with Crippen molar-refractivity contribution in [3.8, 4) is 0 Å². The first-order valence-corrected chi connectivity index (χ1v) is 9.50. The van der Waals surface area contributed by atoms with Crippen LogP contribution in [0, 0.1) is 0 Å². The van der Waals surface area contributed by atoms with Gasteiger partial charge in [0.15, 0.2) is 12.0 Å². The monoisotopic (exact) mass is 392 g/mol. The number of benzene rings is 2. The highest BCUT2D eigenvalue weighted by molar-refractivity contribution is 5.94. The van der Waals surface area contributed by atoms with E-state index in [2.05, 4.69) is 6.58 Å². The average Bonchev–Trinajstić information content (AvgIpc) is 2.73. The van der Waals surface area contributed by atoms with E-state index in [0.29, 0.717) is 34.9 Å². The van der Waals surface area contributed by atoms with Crippen LogP contribution in [0.1, 0.15) is 13.8 Å². The molecule has 3 rings (SSSR count). The molecule has 1 heterocycles. The number of rotatable bonds is 7. The molecule has 29 heavy (non-hydrogen) atoms. The van der Waals surface area contributed by atoms with E-state index >= 15 is 0 Å². The highest BCUT2D eigenvalue weighted by Crippen LogP contribution is 2.19. The first-order chi connectivity index (χ1) is 13.9. The van der Waals surface area contributed by atoms with Crippen LogP contribution < -0.4 is 5.43 Å². The van der Waals surface area contributed by atoms with Crippen LogP contribution in [0.5, 0.6) is 0 Å². The van der Waals surface area contributed by atoms with Crippen molar-refractivity contribution in [3.05, 3.63) is 70.9 Å². The fourth-order valence-electron chi connectivity index (χ4n) is 3.36. The van der Waals surface area contributed by atoms with Crippen LogP contribution in [0.2, 0.25) is 0 Å². The Morgan fingerprint density at radius 3 is 2.10 bits per heavy atom. The van der Waals surface area contributed by atoms with Crippen molar-refractivity contribution in [2.75, 3.05) is 19.7 Å². The van der Waals surface area contributed by atoms with Gasteiger partial charge in [0.05, 0.1) is 11.0 Å². The molecule has 0 radical (unpaired) electrons. The number of amides is 1. The van der Waals surface area contributed by atoms with Crippen LogP contribution in [-0.2, 0) is 20.9 Å². The number of pyridine rings is 1. The van der Waals surface area contributed by atoms with Gasteiger partial charge in [-0.15, -0.1) is 0 Å². The van der Waals surface area contributed by atoms with Gasteiger partial charge in [-0.2, -0.15) is 0 Å². The molecule has 1 aromatic heterocycles. The molecule has 0 bridgehead atoms. The zero-order valence-corrected chi connectivity index (χ0v) is 16.7. The summed E-state index contributed by atoms with van der Waals surface area (Å²) >= 11 is 0. The lowest BCUT2D eigenvalue weighted by molar-refractivity contribution is -0.152. The number of carbonyl (C=O) groups is 2. The van der Waals surface area contributed by atoms with Gasteiger partial charge in [-0.1, -0.05) is 36.4 Å². The summed E-state index contributed by atoms with van der Waals surface area (Å²) in [7, 11) is 0. The Bertz CT molecular complexity index is 1090. The quantitative estimate of drug-likeness (QED) is 0.352. The van der Waals surface area contributed by atoms with Crippen LogP contribution in [0.25, 0.3) is 21.8 Å². The molecule has 0 spiro atoms. The van der Waals surface area contributed by atoms with Gasteiger partial charge in [-0.05, 0) is 38.1 Å². The molecule has 6 heteroatoms. The van der Waals surface area contributed by atoms with E-state index in [0.717, 1.165) is 5.57 Å². The zero-order chi connectivity index (χ0) is 21.0. The van der Waals surface area contributed by atoms with Crippen LogP contribution in [0.15, 0.2) is 65.5 Å².